The van der Waals surface area contributed by atoms with Crippen LogP contribution >= 0.6 is 23.1 Å². The molecule has 0 N–H and O–H groups in total. The monoisotopic (exact) mass is 492 g/mol. The second-order valence-corrected chi connectivity index (χ2v) is 11.0. The molecule has 0 aliphatic rings. The Bertz CT molecular complexity index is 1310. The average molecular weight is 493 g/mol. The van der Waals surface area contributed by atoms with Crippen LogP contribution in [0.5, 0.6) is 0 Å². The van der Waals surface area contributed by atoms with Crippen LogP contribution in [0.2, 0.25) is 0 Å². The van der Waals surface area contributed by atoms with Gasteiger partial charge in [-0.05, 0) is 50.4 Å². The van der Waals surface area contributed by atoms with Crippen LogP contribution in [-0.2, 0) is 25.9 Å². The molecule has 0 fully saturated rings. The van der Waals surface area contributed by atoms with Crippen LogP contribution in [0.4, 0.5) is 0 Å². The van der Waals surface area contributed by atoms with Gasteiger partial charge in [0.25, 0.3) is 5.91 Å². The highest BCUT2D eigenvalue weighted by atomic mass is 32.2. The normalized spacial score (nSPS) is 12.3. The lowest BCUT2D eigenvalue weighted by molar-refractivity contribution is -0.115. The van der Waals surface area contributed by atoms with Crippen molar-refractivity contribution in [2.75, 3.05) is 24.4 Å². The number of nitrogens with zero attached hydrogens (tertiary/aromatic N) is 2. The number of ether oxygens (including phenoxy) is 1. The van der Waals surface area contributed by atoms with Crippen molar-refractivity contribution in [1.29, 1.82) is 0 Å². The smallest absolute Gasteiger partial charge is 0.338 e. The van der Waals surface area contributed by atoms with E-state index in [-0.39, 0.29) is 11.5 Å². The maximum Gasteiger partial charge on any atom is 0.338 e. The van der Waals surface area contributed by atoms with Gasteiger partial charge in [0.05, 0.1) is 27.3 Å². The molecule has 0 aliphatic carbocycles. The van der Waals surface area contributed by atoms with Gasteiger partial charge in [-0.3, -0.25) is 4.79 Å². The number of aromatic nitrogens is 1. The summed E-state index contributed by atoms with van der Waals surface area (Å²) in [5.41, 5.74) is 2.17. The minimum absolute atomic E-state index is 0.0947. The third-order valence-electron chi connectivity index (χ3n) is 4.63. The molecule has 0 saturated heterocycles. The summed E-state index contributed by atoms with van der Waals surface area (Å²) in [5.74, 6) is -1.08. The van der Waals surface area contributed by atoms with Gasteiger partial charge in [-0.25, -0.2) is 13.2 Å². The fourth-order valence-electron chi connectivity index (χ4n) is 3.03. The van der Waals surface area contributed by atoms with Gasteiger partial charge < -0.3 is 9.30 Å². The van der Waals surface area contributed by atoms with Crippen LogP contribution in [0, 0.1) is 6.92 Å². The summed E-state index contributed by atoms with van der Waals surface area (Å²) in [7, 11) is -3.79. The predicted molar refractivity (Wildman–Crippen MR) is 128 cm³/mol. The molecule has 1 amide bonds. The zero-order chi connectivity index (χ0) is 23.3. The number of hydrogen-bond donors (Lipinski definition) is 0. The first-order valence-electron chi connectivity index (χ1n) is 9.91. The minimum atomic E-state index is -3.79. The molecule has 3 rings (SSSR count). The van der Waals surface area contributed by atoms with E-state index in [2.05, 4.69) is 4.99 Å². The van der Waals surface area contributed by atoms with Crippen molar-refractivity contribution in [1.82, 2.24) is 4.57 Å². The first kappa shape index (κ1) is 24.2. The molecule has 0 saturated carbocycles. The maximum atomic E-state index is 12.6. The van der Waals surface area contributed by atoms with Crippen LogP contribution in [-0.4, -0.2) is 49.2 Å². The molecule has 3 aromatic rings. The van der Waals surface area contributed by atoms with Crippen molar-refractivity contribution in [2.45, 2.75) is 25.3 Å². The summed E-state index contributed by atoms with van der Waals surface area (Å²) in [6, 6.07) is 11.6. The van der Waals surface area contributed by atoms with E-state index in [0.29, 0.717) is 16.9 Å². The number of thioether (sulfide) groups is 1. The van der Waals surface area contributed by atoms with Crippen LogP contribution in [0.3, 0.4) is 0 Å². The van der Waals surface area contributed by atoms with E-state index in [9.17, 15) is 18.0 Å². The number of thiazole rings is 1. The number of esters is 1. The summed E-state index contributed by atoms with van der Waals surface area (Å²) < 4.78 is 32.9. The summed E-state index contributed by atoms with van der Waals surface area (Å²) in [6.45, 7) is 4.47. The number of fused-ring (bicyclic) bond motifs is 1. The van der Waals surface area contributed by atoms with E-state index >= 15 is 0 Å². The number of benzene rings is 2. The van der Waals surface area contributed by atoms with Crippen molar-refractivity contribution < 1.29 is 22.7 Å². The molecule has 0 unspecified atom stereocenters. The van der Waals surface area contributed by atoms with Gasteiger partial charge in [0.15, 0.2) is 14.6 Å². The summed E-state index contributed by atoms with van der Waals surface area (Å²) in [4.78, 5) is 29.3. The van der Waals surface area contributed by atoms with E-state index in [0.717, 1.165) is 21.5 Å². The molecular weight excluding hydrogens is 468 g/mol. The lowest BCUT2D eigenvalue weighted by Crippen LogP contribution is -2.21. The van der Waals surface area contributed by atoms with E-state index < -0.39 is 27.5 Å². The fraction of sp³-hybridized carbons (Fsp3) is 0.318. The molecule has 7 nitrogen and oxygen atoms in total. The Morgan fingerprint density at radius 2 is 1.88 bits per heavy atom. The number of amides is 1. The van der Waals surface area contributed by atoms with Crippen molar-refractivity contribution in [3.63, 3.8) is 0 Å². The van der Waals surface area contributed by atoms with Crippen molar-refractivity contribution in [3.05, 3.63) is 58.4 Å². The molecular formula is C22H24N2O5S3. The van der Waals surface area contributed by atoms with Gasteiger partial charge in [-0.1, -0.05) is 29.0 Å². The largest absolute Gasteiger partial charge is 0.462 e. The van der Waals surface area contributed by atoms with Crippen LogP contribution in [0.25, 0.3) is 10.2 Å². The molecule has 0 bridgehead atoms. The topological polar surface area (TPSA) is 94.8 Å². The van der Waals surface area contributed by atoms with Crippen molar-refractivity contribution in [3.8, 4) is 0 Å². The molecule has 0 radical (unpaired) electrons. The van der Waals surface area contributed by atoms with Crippen LogP contribution in [0.15, 0.2) is 52.4 Å². The standard InChI is InChI=1S/C22H24N2O5S3/c1-4-29-21(26)16-7-10-18-19(13-16)31-22(24(18)11-12-30-3)23-20(25)14-32(27,28)17-8-5-15(2)6-9-17/h5-10,13H,4,11-12,14H2,1-3H3. The fourth-order valence-corrected chi connectivity index (χ4v) is 5.61. The number of aryl methyl sites for hydroxylation is 2. The lowest BCUT2D eigenvalue weighted by Gasteiger charge is -2.05. The first-order chi connectivity index (χ1) is 15.2. The zero-order valence-electron chi connectivity index (χ0n) is 18.0. The molecule has 1 aromatic heterocycles. The number of carbonyl (C=O) groups excluding carboxylic acids is 2. The minimum Gasteiger partial charge on any atom is -0.462 e. The van der Waals surface area contributed by atoms with Gasteiger partial charge in [0.2, 0.25) is 0 Å². The molecule has 0 atom stereocenters. The van der Waals surface area contributed by atoms with Crippen LogP contribution in [0.1, 0.15) is 22.8 Å². The third-order valence-corrected chi connectivity index (χ3v) is 7.88. The van der Waals surface area contributed by atoms with Gasteiger partial charge in [0, 0.05) is 12.3 Å². The Labute approximate surface area is 195 Å². The highest BCUT2D eigenvalue weighted by molar-refractivity contribution is 7.98. The van der Waals surface area contributed by atoms with E-state index in [1.165, 1.54) is 23.5 Å². The molecule has 2 aromatic carbocycles. The van der Waals surface area contributed by atoms with E-state index in [4.69, 9.17) is 4.74 Å². The van der Waals surface area contributed by atoms with Gasteiger partial charge in [-0.2, -0.15) is 16.8 Å². The second-order valence-electron chi connectivity index (χ2n) is 7.01. The molecule has 170 valence electrons. The number of sulfone groups is 1. The second kappa shape index (κ2) is 10.5. The Morgan fingerprint density at radius 3 is 2.53 bits per heavy atom. The maximum absolute atomic E-state index is 12.6. The lowest BCUT2D eigenvalue weighted by atomic mass is 10.2. The van der Waals surface area contributed by atoms with E-state index in [1.807, 2.05) is 17.7 Å². The average Bonchev–Trinajstić information content (AvgIpc) is 3.08. The predicted octanol–water partition coefficient (Wildman–Crippen LogP) is 3.45. The zero-order valence-corrected chi connectivity index (χ0v) is 20.5. The third kappa shape index (κ3) is 5.67. The van der Waals surface area contributed by atoms with Crippen molar-refractivity contribution >= 4 is 55.0 Å². The van der Waals surface area contributed by atoms with Gasteiger partial charge >= 0.3 is 5.97 Å². The molecule has 0 aliphatic heterocycles. The summed E-state index contributed by atoms with van der Waals surface area (Å²) in [6.07, 6.45) is 1.98. The summed E-state index contributed by atoms with van der Waals surface area (Å²) >= 11 is 2.89. The molecule has 10 heteroatoms. The Balaban J connectivity index is 1.98. The molecule has 32 heavy (non-hydrogen) atoms. The molecule has 1 heterocycles. The highest BCUT2D eigenvalue weighted by Crippen LogP contribution is 2.20. The quantitative estimate of drug-likeness (QED) is 0.447. The number of rotatable bonds is 8. The molecule has 0 spiro atoms. The SMILES string of the molecule is CCOC(=O)c1ccc2c(c1)sc(=NC(=O)CS(=O)(=O)c1ccc(C)cc1)n2CCSC. The van der Waals surface area contributed by atoms with Crippen molar-refractivity contribution in [2.24, 2.45) is 4.99 Å². The number of carbonyl (C=O) groups is 2. The van der Waals surface area contributed by atoms with E-state index in [1.54, 1.807) is 49.0 Å². The van der Waals surface area contributed by atoms with Gasteiger partial charge in [-0.15, -0.1) is 0 Å². The summed E-state index contributed by atoms with van der Waals surface area (Å²) in [5, 5.41) is 0. The van der Waals surface area contributed by atoms with Gasteiger partial charge in [0.1, 0.15) is 5.75 Å². The number of hydrogen-bond acceptors (Lipinski definition) is 7. The Hall–Kier alpha value is -2.43. The van der Waals surface area contributed by atoms with Crippen LogP contribution < -0.4 is 4.80 Å². The Kier molecular flexibility index (Phi) is 7.91. The highest BCUT2D eigenvalue weighted by Gasteiger charge is 2.20. The Morgan fingerprint density at radius 1 is 1.16 bits per heavy atom. The first-order valence-corrected chi connectivity index (χ1v) is 13.8.